The van der Waals surface area contributed by atoms with Crippen LogP contribution in [-0.2, 0) is 14.3 Å². The van der Waals surface area contributed by atoms with Gasteiger partial charge in [-0.25, -0.2) is 4.79 Å². The van der Waals surface area contributed by atoms with E-state index in [-0.39, 0.29) is 19.1 Å². The molecule has 0 aromatic heterocycles. The standard InChI is InChI=1S/C16H23NO4/c1-5-20-16(19)12(4)17-15(18)10-21-14-9-7-6-8-13(14)11(2)3/h6-9,11-12H,5,10H2,1-4H3,(H,17,18). The third-order valence-corrected chi connectivity index (χ3v) is 2.92. The van der Waals surface area contributed by atoms with Crippen LogP contribution in [-0.4, -0.2) is 31.1 Å². The number of benzene rings is 1. The first-order valence-corrected chi connectivity index (χ1v) is 7.13. The molecule has 1 atom stereocenters. The third-order valence-electron chi connectivity index (χ3n) is 2.92. The lowest BCUT2D eigenvalue weighted by Crippen LogP contribution is -2.41. The maximum absolute atomic E-state index is 11.8. The smallest absolute Gasteiger partial charge is 0.328 e. The Kier molecular flexibility index (Phi) is 6.72. The van der Waals surface area contributed by atoms with Crippen LogP contribution >= 0.6 is 0 Å². The molecule has 0 aliphatic heterocycles. The highest BCUT2D eigenvalue weighted by Gasteiger charge is 2.17. The SMILES string of the molecule is CCOC(=O)C(C)NC(=O)COc1ccccc1C(C)C. The zero-order valence-electron chi connectivity index (χ0n) is 13.0. The molecule has 0 bridgehead atoms. The average Bonchev–Trinajstić information content (AvgIpc) is 2.45. The van der Waals surface area contributed by atoms with Crippen molar-refractivity contribution >= 4 is 11.9 Å². The fraction of sp³-hybridized carbons (Fsp3) is 0.500. The summed E-state index contributed by atoms with van der Waals surface area (Å²) < 4.78 is 10.4. The van der Waals surface area contributed by atoms with Gasteiger partial charge in [0.2, 0.25) is 0 Å². The number of para-hydroxylation sites is 1. The molecule has 0 fully saturated rings. The van der Waals surface area contributed by atoms with Gasteiger partial charge >= 0.3 is 5.97 Å². The lowest BCUT2D eigenvalue weighted by Gasteiger charge is -2.15. The number of carbonyl (C=O) groups is 2. The second kappa shape index (κ2) is 8.29. The van der Waals surface area contributed by atoms with Crippen molar-refractivity contribution in [3.8, 4) is 5.75 Å². The second-order valence-electron chi connectivity index (χ2n) is 5.02. The first kappa shape index (κ1) is 17.0. The summed E-state index contributed by atoms with van der Waals surface area (Å²) in [5.74, 6) is 0.191. The van der Waals surface area contributed by atoms with Crippen LogP contribution < -0.4 is 10.1 Å². The van der Waals surface area contributed by atoms with Gasteiger partial charge in [-0.3, -0.25) is 4.79 Å². The van der Waals surface area contributed by atoms with E-state index in [0.29, 0.717) is 11.7 Å². The predicted molar refractivity (Wildman–Crippen MR) is 80.3 cm³/mol. The zero-order valence-corrected chi connectivity index (χ0v) is 13.0. The summed E-state index contributed by atoms with van der Waals surface area (Å²) in [6.07, 6.45) is 0. The van der Waals surface area contributed by atoms with Crippen LogP contribution in [0.2, 0.25) is 0 Å². The van der Waals surface area contributed by atoms with Crippen LogP contribution in [0.25, 0.3) is 0 Å². The van der Waals surface area contributed by atoms with Gasteiger partial charge in [-0.1, -0.05) is 32.0 Å². The molecule has 1 rings (SSSR count). The normalized spacial score (nSPS) is 11.9. The molecule has 5 heteroatoms. The summed E-state index contributed by atoms with van der Waals surface area (Å²) in [5.41, 5.74) is 1.05. The van der Waals surface area contributed by atoms with E-state index in [0.717, 1.165) is 5.56 Å². The van der Waals surface area contributed by atoms with Crippen LogP contribution in [0, 0.1) is 0 Å². The second-order valence-corrected chi connectivity index (χ2v) is 5.02. The molecule has 0 heterocycles. The Morgan fingerprint density at radius 3 is 2.48 bits per heavy atom. The minimum Gasteiger partial charge on any atom is -0.483 e. The summed E-state index contributed by atoms with van der Waals surface area (Å²) in [6.45, 7) is 7.58. The monoisotopic (exact) mass is 293 g/mol. The molecule has 0 saturated carbocycles. The molecule has 0 saturated heterocycles. The molecule has 1 N–H and O–H groups in total. The van der Waals surface area contributed by atoms with Crippen molar-refractivity contribution in [2.24, 2.45) is 0 Å². The summed E-state index contributed by atoms with van der Waals surface area (Å²) in [7, 11) is 0. The van der Waals surface area contributed by atoms with E-state index in [9.17, 15) is 9.59 Å². The van der Waals surface area contributed by atoms with Crippen LogP contribution in [0.1, 0.15) is 39.2 Å². The highest BCUT2D eigenvalue weighted by atomic mass is 16.5. The van der Waals surface area contributed by atoms with Gasteiger partial charge in [0.05, 0.1) is 6.61 Å². The number of esters is 1. The molecule has 1 amide bonds. The summed E-state index contributed by atoms with van der Waals surface area (Å²) in [6, 6.07) is 6.92. The lowest BCUT2D eigenvalue weighted by atomic mass is 10.0. The van der Waals surface area contributed by atoms with E-state index >= 15 is 0 Å². The van der Waals surface area contributed by atoms with Crippen molar-refractivity contribution in [2.75, 3.05) is 13.2 Å². The van der Waals surface area contributed by atoms with E-state index in [1.807, 2.05) is 24.3 Å². The summed E-state index contributed by atoms with van der Waals surface area (Å²) in [5, 5.41) is 2.54. The lowest BCUT2D eigenvalue weighted by molar-refractivity contribution is -0.147. The number of hydrogen-bond donors (Lipinski definition) is 1. The molecule has 0 aliphatic rings. The zero-order chi connectivity index (χ0) is 15.8. The number of hydrogen-bond acceptors (Lipinski definition) is 4. The molecule has 0 spiro atoms. The number of amides is 1. The Morgan fingerprint density at radius 2 is 1.86 bits per heavy atom. The van der Waals surface area contributed by atoms with Crippen LogP contribution in [0.3, 0.4) is 0 Å². The van der Waals surface area contributed by atoms with Crippen LogP contribution in [0.15, 0.2) is 24.3 Å². The van der Waals surface area contributed by atoms with Crippen molar-refractivity contribution < 1.29 is 19.1 Å². The van der Waals surface area contributed by atoms with Gasteiger partial charge in [-0.05, 0) is 31.4 Å². The summed E-state index contributed by atoms with van der Waals surface area (Å²) >= 11 is 0. The maximum atomic E-state index is 11.8. The molecular weight excluding hydrogens is 270 g/mol. The van der Waals surface area contributed by atoms with Crippen molar-refractivity contribution in [1.29, 1.82) is 0 Å². The van der Waals surface area contributed by atoms with Crippen molar-refractivity contribution in [3.63, 3.8) is 0 Å². The summed E-state index contributed by atoms with van der Waals surface area (Å²) in [4.78, 5) is 23.2. The fourth-order valence-corrected chi connectivity index (χ4v) is 1.84. The van der Waals surface area contributed by atoms with Gasteiger partial charge in [0.25, 0.3) is 5.91 Å². The van der Waals surface area contributed by atoms with E-state index in [1.165, 1.54) is 0 Å². The highest BCUT2D eigenvalue weighted by molar-refractivity contribution is 5.84. The molecule has 116 valence electrons. The average molecular weight is 293 g/mol. The van der Waals surface area contributed by atoms with Crippen molar-refractivity contribution in [2.45, 2.75) is 39.7 Å². The first-order valence-electron chi connectivity index (χ1n) is 7.13. The van der Waals surface area contributed by atoms with Gasteiger partial charge in [0.1, 0.15) is 11.8 Å². The molecule has 1 aromatic rings. The van der Waals surface area contributed by atoms with E-state index in [4.69, 9.17) is 9.47 Å². The Labute approximate surface area is 125 Å². The Bertz CT molecular complexity index is 485. The van der Waals surface area contributed by atoms with Gasteiger partial charge < -0.3 is 14.8 Å². The number of rotatable bonds is 7. The topological polar surface area (TPSA) is 64.6 Å². The molecule has 5 nitrogen and oxygen atoms in total. The van der Waals surface area contributed by atoms with Crippen molar-refractivity contribution in [1.82, 2.24) is 5.32 Å². The Morgan fingerprint density at radius 1 is 1.19 bits per heavy atom. The van der Waals surface area contributed by atoms with Gasteiger partial charge in [-0.2, -0.15) is 0 Å². The first-order chi connectivity index (χ1) is 9.95. The molecule has 0 radical (unpaired) electrons. The fourth-order valence-electron chi connectivity index (χ4n) is 1.84. The minimum atomic E-state index is -0.679. The molecule has 1 unspecified atom stereocenters. The van der Waals surface area contributed by atoms with E-state index in [2.05, 4.69) is 19.2 Å². The van der Waals surface area contributed by atoms with Crippen LogP contribution in [0.4, 0.5) is 0 Å². The molecule has 21 heavy (non-hydrogen) atoms. The number of nitrogens with one attached hydrogen (secondary N) is 1. The Balaban J connectivity index is 2.52. The van der Waals surface area contributed by atoms with Gasteiger partial charge in [0, 0.05) is 0 Å². The van der Waals surface area contributed by atoms with Crippen molar-refractivity contribution in [3.05, 3.63) is 29.8 Å². The minimum absolute atomic E-state index is 0.131. The Hall–Kier alpha value is -2.04. The number of carbonyl (C=O) groups excluding carboxylic acids is 2. The van der Waals surface area contributed by atoms with Crippen LogP contribution in [0.5, 0.6) is 5.75 Å². The highest BCUT2D eigenvalue weighted by Crippen LogP contribution is 2.25. The van der Waals surface area contributed by atoms with Gasteiger partial charge in [-0.15, -0.1) is 0 Å². The third kappa shape index (κ3) is 5.45. The quantitative estimate of drug-likeness (QED) is 0.783. The largest absolute Gasteiger partial charge is 0.483 e. The maximum Gasteiger partial charge on any atom is 0.328 e. The predicted octanol–water partition coefficient (Wildman–Crippen LogP) is 2.26. The molecular formula is C16H23NO4. The van der Waals surface area contributed by atoms with E-state index < -0.39 is 12.0 Å². The number of ether oxygens (including phenoxy) is 2. The van der Waals surface area contributed by atoms with Gasteiger partial charge in [0.15, 0.2) is 6.61 Å². The molecule has 0 aliphatic carbocycles. The molecule has 1 aromatic carbocycles. The van der Waals surface area contributed by atoms with E-state index in [1.54, 1.807) is 13.8 Å².